The number of rotatable bonds is 2. The van der Waals surface area contributed by atoms with E-state index in [4.69, 9.17) is 4.74 Å². The van der Waals surface area contributed by atoms with E-state index in [0.717, 1.165) is 23.5 Å². The highest BCUT2D eigenvalue weighted by atomic mass is 32.1. The Hall–Kier alpha value is -1.47. The summed E-state index contributed by atoms with van der Waals surface area (Å²) in [5, 5.41) is 0.901. The first kappa shape index (κ1) is 17.4. The molecule has 0 bridgehead atoms. The van der Waals surface area contributed by atoms with Crippen LogP contribution in [0.25, 0.3) is 0 Å². The van der Waals surface area contributed by atoms with Crippen LogP contribution in [0.5, 0.6) is 0 Å². The molecule has 0 radical (unpaired) electrons. The average Bonchev–Trinajstić information content (AvgIpc) is 2.83. The molecule has 0 saturated carbocycles. The third-order valence-corrected chi connectivity index (χ3v) is 6.14. The molecule has 0 N–H and O–H groups in total. The second kappa shape index (κ2) is 6.80. The summed E-state index contributed by atoms with van der Waals surface area (Å²) < 4.78 is 5.52. The highest BCUT2D eigenvalue weighted by Gasteiger charge is 2.44. The number of amides is 2. The Kier molecular flexibility index (Phi) is 4.92. The van der Waals surface area contributed by atoms with Gasteiger partial charge in [-0.3, -0.25) is 9.59 Å². The van der Waals surface area contributed by atoms with Crippen molar-refractivity contribution in [2.45, 2.75) is 45.6 Å². The van der Waals surface area contributed by atoms with Crippen molar-refractivity contribution in [2.24, 2.45) is 0 Å². The van der Waals surface area contributed by atoms with E-state index in [-0.39, 0.29) is 17.4 Å². The Morgan fingerprint density at radius 2 is 2.04 bits per heavy atom. The molecule has 132 valence electrons. The number of thiazole rings is 1. The molecule has 1 aromatic heterocycles. The summed E-state index contributed by atoms with van der Waals surface area (Å²) in [6.45, 7) is 8.84. The second-order valence-corrected chi connectivity index (χ2v) is 7.80. The summed E-state index contributed by atoms with van der Waals surface area (Å²) in [7, 11) is 0. The van der Waals surface area contributed by atoms with Crippen molar-refractivity contribution in [3.63, 3.8) is 0 Å². The molecular weight excluding hydrogens is 326 g/mol. The van der Waals surface area contributed by atoms with Crippen LogP contribution in [0.4, 0.5) is 0 Å². The minimum atomic E-state index is -0.288. The van der Waals surface area contributed by atoms with E-state index in [1.807, 2.05) is 30.6 Å². The molecule has 2 fully saturated rings. The second-order valence-electron chi connectivity index (χ2n) is 6.60. The molecule has 3 heterocycles. The highest BCUT2D eigenvalue weighted by molar-refractivity contribution is 7.13. The lowest BCUT2D eigenvalue weighted by Crippen LogP contribution is -2.58. The van der Waals surface area contributed by atoms with Crippen molar-refractivity contribution in [3.05, 3.63) is 15.6 Å². The Balaban J connectivity index is 1.91. The molecule has 0 aromatic carbocycles. The van der Waals surface area contributed by atoms with Crippen LogP contribution in [0.2, 0.25) is 0 Å². The fraction of sp³-hybridized carbons (Fsp3) is 0.706. The minimum Gasteiger partial charge on any atom is -0.381 e. The lowest BCUT2D eigenvalue weighted by Gasteiger charge is -2.46. The lowest BCUT2D eigenvalue weighted by atomic mass is 9.87. The maximum Gasteiger partial charge on any atom is 0.265 e. The molecule has 24 heavy (non-hydrogen) atoms. The van der Waals surface area contributed by atoms with Crippen LogP contribution in [0.3, 0.4) is 0 Å². The Morgan fingerprint density at radius 3 is 2.62 bits per heavy atom. The molecule has 1 spiro atoms. The largest absolute Gasteiger partial charge is 0.381 e. The van der Waals surface area contributed by atoms with E-state index in [1.165, 1.54) is 11.3 Å². The molecular formula is C17H25N3O3S. The van der Waals surface area contributed by atoms with Crippen molar-refractivity contribution in [1.29, 1.82) is 0 Å². The summed E-state index contributed by atoms with van der Waals surface area (Å²) in [5.74, 6) is 0.154. The first-order valence-corrected chi connectivity index (χ1v) is 9.40. The lowest BCUT2D eigenvalue weighted by molar-refractivity contribution is -0.139. The summed E-state index contributed by atoms with van der Waals surface area (Å²) in [6, 6.07) is 0. The molecule has 0 unspecified atom stereocenters. The molecule has 2 aliphatic rings. The number of aromatic nitrogens is 1. The van der Waals surface area contributed by atoms with E-state index in [2.05, 4.69) is 4.98 Å². The zero-order valence-corrected chi connectivity index (χ0v) is 15.4. The van der Waals surface area contributed by atoms with E-state index >= 15 is 0 Å². The van der Waals surface area contributed by atoms with Gasteiger partial charge in [0.2, 0.25) is 5.91 Å². The standard InChI is InChI=1S/C17H25N3O3S/c1-4-20-14(21)5-8-19(11-17(20)6-9-23-10-7-17)16(22)15-12(2)18-13(3)24-15/h4-11H2,1-3H3. The fourth-order valence-corrected chi connectivity index (χ4v) is 4.78. The number of aryl methyl sites for hydroxylation is 2. The molecule has 1 aromatic rings. The first-order chi connectivity index (χ1) is 11.5. The smallest absolute Gasteiger partial charge is 0.265 e. The third-order valence-electron chi connectivity index (χ3n) is 5.08. The molecule has 3 rings (SSSR count). The van der Waals surface area contributed by atoms with E-state index in [1.54, 1.807) is 0 Å². The van der Waals surface area contributed by atoms with Crippen LogP contribution >= 0.6 is 11.3 Å². The molecule has 7 heteroatoms. The van der Waals surface area contributed by atoms with Crippen LogP contribution in [-0.2, 0) is 9.53 Å². The summed E-state index contributed by atoms with van der Waals surface area (Å²) in [6.07, 6.45) is 1.97. The summed E-state index contributed by atoms with van der Waals surface area (Å²) in [5.41, 5.74) is 0.496. The maximum atomic E-state index is 13.0. The quantitative estimate of drug-likeness (QED) is 0.818. The van der Waals surface area contributed by atoms with Gasteiger partial charge in [0.1, 0.15) is 4.88 Å². The maximum absolute atomic E-state index is 13.0. The van der Waals surface area contributed by atoms with Crippen LogP contribution in [0.15, 0.2) is 0 Å². The number of carbonyl (C=O) groups is 2. The molecule has 6 nitrogen and oxygen atoms in total. The third kappa shape index (κ3) is 3.07. The van der Waals surface area contributed by atoms with Gasteiger partial charge in [0.25, 0.3) is 5.91 Å². The van der Waals surface area contributed by atoms with Crippen molar-refractivity contribution in [3.8, 4) is 0 Å². The predicted molar refractivity (Wildman–Crippen MR) is 92.3 cm³/mol. The predicted octanol–water partition coefficient (Wildman–Crippen LogP) is 2.00. The van der Waals surface area contributed by atoms with Crippen LogP contribution < -0.4 is 0 Å². The van der Waals surface area contributed by atoms with Crippen molar-refractivity contribution in [2.75, 3.05) is 32.8 Å². The van der Waals surface area contributed by atoms with Gasteiger partial charge in [-0.05, 0) is 33.6 Å². The normalized spacial score (nSPS) is 21.2. The zero-order valence-electron chi connectivity index (χ0n) is 14.6. The van der Waals surface area contributed by atoms with Crippen molar-refractivity contribution < 1.29 is 14.3 Å². The molecule has 2 aliphatic heterocycles. The van der Waals surface area contributed by atoms with Crippen molar-refractivity contribution in [1.82, 2.24) is 14.8 Å². The zero-order chi connectivity index (χ0) is 17.3. The Bertz CT molecular complexity index is 637. The monoisotopic (exact) mass is 351 g/mol. The number of hydrogen-bond donors (Lipinski definition) is 0. The van der Waals surface area contributed by atoms with E-state index < -0.39 is 0 Å². The SMILES string of the molecule is CCN1C(=O)CCN(C(=O)c2sc(C)nc2C)CC12CCOCC2. The van der Waals surface area contributed by atoms with Gasteiger partial charge in [0.05, 0.1) is 16.2 Å². The molecule has 0 atom stereocenters. The van der Waals surface area contributed by atoms with Gasteiger partial charge >= 0.3 is 0 Å². The number of ether oxygens (including phenoxy) is 1. The van der Waals surface area contributed by atoms with Gasteiger partial charge in [-0.25, -0.2) is 4.98 Å². The topological polar surface area (TPSA) is 62.7 Å². The van der Waals surface area contributed by atoms with Gasteiger partial charge < -0.3 is 14.5 Å². The van der Waals surface area contributed by atoms with Crippen LogP contribution in [0, 0.1) is 13.8 Å². The number of carbonyl (C=O) groups excluding carboxylic acids is 2. The number of likely N-dealkylation sites (N-methyl/N-ethyl adjacent to an activating group) is 1. The van der Waals surface area contributed by atoms with Gasteiger partial charge in [-0.2, -0.15) is 0 Å². The highest BCUT2D eigenvalue weighted by Crippen LogP contribution is 2.33. The first-order valence-electron chi connectivity index (χ1n) is 8.58. The molecule has 2 amide bonds. The summed E-state index contributed by atoms with van der Waals surface area (Å²) >= 11 is 1.44. The van der Waals surface area contributed by atoms with Crippen LogP contribution in [0.1, 0.15) is 46.6 Å². The van der Waals surface area contributed by atoms with Gasteiger partial charge in [-0.1, -0.05) is 0 Å². The number of hydrogen-bond acceptors (Lipinski definition) is 5. The molecule has 2 saturated heterocycles. The minimum absolute atomic E-state index is 0.00900. The van der Waals surface area contributed by atoms with E-state index in [0.29, 0.717) is 44.1 Å². The van der Waals surface area contributed by atoms with Crippen LogP contribution in [-0.4, -0.2) is 65.0 Å². The molecule has 0 aliphatic carbocycles. The Labute approximate surface area is 146 Å². The fourth-order valence-electron chi connectivity index (χ4n) is 3.89. The number of nitrogens with zero attached hydrogens (tertiary/aromatic N) is 3. The van der Waals surface area contributed by atoms with E-state index in [9.17, 15) is 9.59 Å². The average molecular weight is 351 g/mol. The Morgan fingerprint density at radius 1 is 1.33 bits per heavy atom. The van der Waals surface area contributed by atoms with Gasteiger partial charge in [0.15, 0.2) is 0 Å². The van der Waals surface area contributed by atoms with Gasteiger partial charge in [-0.15, -0.1) is 11.3 Å². The van der Waals surface area contributed by atoms with Crippen molar-refractivity contribution >= 4 is 23.2 Å². The van der Waals surface area contributed by atoms with Gasteiger partial charge in [0, 0.05) is 39.3 Å². The summed E-state index contributed by atoms with van der Waals surface area (Å²) in [4.78, 5) is 34.6.